The van der Waals surface area contributed by atoms with E-state index in [0.29, 0.717) is 0 Å². The van der Waals surface area contributed by atoms with Crippen LogP contribution in [0.1, 0.15) is 5.71 Å². The fourth-order valence-corrected chi connectivity index (χ4v) is 0. The molecule has 0 fully saturated rings. The predicted octanol–water partition coefficient (Wildman–Crippen LogP) is -1.14. The van der Waals surface area contributed by atoms with Gasteiger partial charge in [-0.05, 0) is 0 Å². The first-order valence-electron chi connectivity index (χ1n) is 0. The Morgan fingerprint density at radius 2 is 1.25 bits per heavy atom. The molecule has 0 saturated heterocycles. The maximum Gasteiger partial charge on any atom is 2.00 e. The van der Waals surface area contributed by atoms with Crippen molar-refractivity contribution >= 4 is 60.8 Å². The molecule has 0 saturated carbocycles. The van der Waals surface area contributed by atoms with E-state index >= 15 is 0 Å². The van der Waals surface area contributed by atoms with Gasteiger partial charge in [0.1, 0.15) is 0 Å². The van der Waals surface area contributed by atoms with Gasteiger partial charge < -0.3 is 11.2 Å². The minimum Gasteiger partial charge on any atom is -1.00 e. The average molecular weight is 152 g/mol. The summed E-state index contributed by atoms with van der Waals surface area (Å²) in [5.41, 5.74) is 0. The molecule has 0 spiro atoms. The van der Waals surface area contributed by atoms with Gasteiger partial charge in [0.05, 0.1) is 0 Å². The minimum atomic E-state index is 0. The monoisotopic (exact) mass is 150 g/mol. The van der Waals surface area contributed by atoms with Gasteiger partial charge in [-0.15, -0.1) is 0 Å². The van der Waals surface area contributed by atoms with Crippen LogP contribution in [0.4, 0.5) is 0 Å². The van der Waals surface area contributed by atoms with Crippen molar-refractivity contribution in [3.63, 3.8) is 0 Å². The second kappa shape index (κ2) is 17.5. The van der Waals surface area contributed by atoms with Crippen LogP contribution < -0.4 is 0 Å². The summed E-state index contributed by atoms with van der Waals surface area (Å²) in [7, 11) is 0. The first-order chi connectivity index (χ1) is 0. The summed E-state index contributed by atoms with van der Waals surface area (Å²) < 4.78 is 0. The maximum atomic E-state index is 0. The van der Waals surface area contributed by atoms with Gasteiger partial charge >= 0.3 is 60.8 Å². The van der Waals surface area contributed by atoms with Crippen LogP contribution in [0.2, 0.25) is 0 Å². The summed E-state index contributed by atoms with van der Waals surface area (Å²) in [6.07, 6.45) is 0. The van der Waals surface area contributed by atoms with Gasteiger partial charge in [-0.2, -0.15) is 0 Å². The number of hydrogen-bond donors (Lipinski definition) is 0. The number of hydrogen-bond acceptors (Lipinski definition) is 0. The van der Waals surface area contributed by atoms with Crippen molar-refractivity contribution in [3.8, 4) is 0 Å². The fourth-order valence-electron chi connectivity index (χ4n) is 0. The van der Waals surface area contributed by atoms with Gasteiger partial charge in [0.15, 0.2) is 0 Å². The first kappa shape index (κ1) is 30.5. The van der Waals surface area contributed by atoms with Gasteiger partial charge in [0.2, 0.25) is 0 Å². The SMILES string of the molecule is O.[Ca+2].[H-].[H-].[H-].[H-].[Mg+2].[Zn]. The summed E-state index contributed by atoms with van der Waals surface area (Å²) in [6.45, 7) is 0. The number of rotatable bonds is 0. The molecular formula is H6CaMgOZn. The average Bonchev–Trinajstić information content (AvgIpc) is 0. The van der Waals surface area contributed by atoms with Crippen LogP contribution in [-0.4, -0.2) is 66.3 Å². The summed E-state index contributed by atoms with van der Waals surface area (Å²) in [5, 5.41) is 0. The molecule has 0 rings (SSSR count). The van der Waals surface area contributed by atoms with Crippen molar-refractivity contribution in [2.24, 2.45) is 0 Å². The van der Waals surface area contributed by atoms with Crippen molar-refractivity contribution in [1.82, 2.24) is 0 Å². The Morgan fingerprint density at radius 1 is 1.25 bits per heavy atom. The molecule has 1 nitrogen and oxygen atoms in total. The molecule has 0 bridgehead atoms. The molecule has 4 heavy (non-hydrogen) atoms. The molecule has 0 atom stereocenters. The Balaban J connectivity index is 0. The van der Waals surface area contributed by atoms with Gasteiger partial charge in [-0.1, -0.05) is 0 Å². The van der Waals surface area contributed by atoms with Gasteiger partial charge in [-0.25, -0.2) is 0 Å². The molecule has 0 radical (unpaired) electrons. The Kier molecular flexibility index (Phi) is 134. The standard InChI is InChI=1S/Ca.Mg.H2O.Zn.4H/h;;1H2;;;;;/q2*+2;;;4*-1. The zero-order chi connectivity index (χ0) is 0. The molecule has 0 aliphatic carbocycles. The van der Waals surface area contributed by atoms with Crippen LogP contribution in [0.15, 0.2) is 0 Å². The van der Waals surface area contributed by atoms with E-state index in [1.165, 1.54) is 0 Å². The van der Waals surface area contributed by atoms with Crippen molar-refractivity contribution in [1.29, 1.82) is 0 Å². The van der Waals surface area contributed by atoms with Crippen LogP contribution in [0.3, 0.4) is 0 Å². The van der Waals surface area contributed by atoms with E-state index in [1.807, 2.05) is 0 Å². The Hall–Kier alpha value is 2.61. The molecule has 0 aromatic heterocycles. The molecule has 4 heteroatoms. The molecule has 18 valence electrons. The Morgan fingerprint density at radius 3 is 1.25 bits per heavy atom. The topological polar surface area (TPSA) is 31.5 Å². The smallest absolute Gasteiger partial charge is 1.00 e. The summed E-state index contributed by atoms with van der Waals surface area (Å²) >= 11 is 0. The molecule has 0 aliphatic rings. The zero-order valence-corrected chi connectivity index (χ0v) is 9.21. The van der Waals surface area contributed by atoms with Crippen LogP contribution >= 0.6 is 0 Å². The normalized spacial score (nSPS) is 0. The second-order valence-corrected chi connectivity index (χ2v) is 0. The summed E-state index contributed by atoms with van der Waals surface area (Å²) in [6, 6.07) is 0. The molecule has 0 aliphatic heterocycles. The maximum absolute atomic E-state index is 0. The largest absolute Gasteiger partial charge is 2.00 e. The predicted molar refractivity (Wildman–Crippen MR) is 19.6 cm³/mol. The van der Waals surface area contributed by atoms with E-state index in [4.69, 9.17) is 0 Å². The van der Waals surface area contributed by atoms with Crippen molar-refractivity contribution in [2.75, 3.05) is 0 Å². The quantitative estimate of drug-likeness (QED) is 0.393. The van der Waals surface area contributed by atoms with E-state index in [9.17, 15) is 0 Å². The van der Waals surface area contributed by atoms with Crippen LogP contribution in [-0.2, 0) is 19.5 Å². The van der Waals surface area contributed by atoms with Gasteiger partial charge in [0.25, 0.3) is 0 Å². The third-order valence-corrected chi connectivity index (χ3v) is 0. The van der Waals surface area contributed by atoms with E-state index in [0.717, 1.165) is 0 Å². The molecule has 0 amide bonds. The Labute approximate surface area is 90.1 Å². The van der Waals surface area contributed by atoms with Crippen molar-refractivity contribution < 1.29 is 30.7 Å². The molecule has 2 N–H and O–H groups in total. The molecule has 0 unspecified atom stereocenters. The van der Waals surface area contributed by atoms with Crippen molar-refractivity contribution in [3.05, 3.63) is 0 Å². The van der Waals surface area contributed by atoms with Crippen LogP contribution in [0, 0.1) is 0 Å². The summed E-state index contributed by atoms with van der Waals surface area (Å²) in [5.74, 6) is 0. The third-order valence-electron chi connectivity index (χ3n) is 0. The zero-order valence-electron chi connectivity index (χ0n) is 6.62. The molecule has 0 heterocycles. The molecule has 0 aromatic rings. The van der Waals surface area contributed by atoms with Crippen LogP contribution in [0.25, 0.3) is 0 Å². The van der Waals surface area contributed by atoms with Gasteiger partial charge in [-0.3, -0.25) is 0 Å². The molecular weight excluding hydrogens is 146 g/mol. The second-order valence-electron chi connectivity index (χ2n) is 0. The third kappa shape index (κ3) is 8.82. The van der Waals surface area contributed by atoms with E-state index in [1.54, 1.807) is 0 Å². The van der Waals surface area contributed by atoms with Crippen LogP contribution in [0.5, 0.6) is 0 Å². The van der Waals surface area contributed by atoms with E-state index in [2.05, 4.69) is 0 Å². The van der Waals surface area contributed by atoms with E-state index < -0.39 is 0 Å². The minimum absolute atomic E-state index is 0. The van der Waals surface area contributed by atoms with Crippen molar-refractivity contribution in [2.45, 2.75) is 0 Å². The van der Waals surface area contributed by atoms with E-state index in [-0.39, 0.29) is 91.5 Å². The van der Waals surface area contributed by atoms with Gasteiger partial charge in [0, 0.05) is 19.5 Å². The summed E-state index contributed by atoms with van der Waals surface area (Å²) in [4.78, 5) is 0. The molecule has 0 aromatic carbocycles. The Bertz CT molecular complexity index is 16.0. The first-order valence-corrected chi connectivity index (χ1v) is 0. The fraction of sp³-hybridized carbons (Fsp3) is 0.